The molecule has 9 nitrogen and oxygen atoms in total. The highest BCUT2D eigenvalue weighted by Crippen LogP contribution is 2.41. The van der Waals surface area contributed by atoms with Crippen molar-refractivity contribution in [3.8, 4) is 5.75 Å². The Morgan fingerprint density at radius 3 is 2.48 bits per heavy atom. The minimum absolute atomic E-state index is 0.0642. The summed E-state index contributed by atoms with van der Waals surface area (Å²) in [5.41, 5.74) is 0.465. The highest BCUT2D eigenvalue weighted by atomic mass is 19.2. The molecule has 0 aliphatic carbocycles. The Labute approximate surface area is 230 Å². The predicted octanol–water partition coefficient (Wildman–Crippen LogP) is 4.74. The van der Waals surface area contributed by atoms with Crippen LogP contribution in [-0.4, -0.2) is 70.6 Å². The van der Waals surface area contributed by atoms with Crippen molar-refractivity contribution in [3.05, 3.63) is 71.1 Å². The van der Waals surface area contributed by atoms with Gasteiger partial charge in [-0.2, -0.15) is 0 Å². The van der Waals surface area contributed by atoms with Crippen molar-refractivity contribution < 1.29 is 33.0 Å². The van der Waals surface area contributed by atoms with Crippen LogP contribution in [0.5, 0.6) is 5.75 Å². The Balaban J connectivity index is 1.64. The van der Waals surface area contributed by atoms with E-state index < -0.39 is 35.0 Å². The molecule has 1 aliphatic rings. The smallest absolute Gasteiger partial charge is 0.412 e. The van der Waals surface area contributed by atoms with Crippen LogP contribution in [-0.2, 0) is 10.2 Å². The molecule has 0 fully saturated rings. The van der Waals surface area contributed by atoms with Gasteiger partial charge in [-0.05, 0) is 49.0 Å². The van der Waals surface area contributed by atoms with Crippen molar-refractivity contribution in [3.63, 3.8) is 0 Å². The van der Waals surface area contributed by atoms with Gasteiger partial charge < -0.3 is 29.9 Å². The number of halogens is 2. The number of benzene rings is 2. The van der Waals surface area contributed by atoms with E-state index in [9.17, 15) is 28.3 Å². The summed E-state index contributed by atoms with van der Waals surface area (Å²) in [5.74, 6) is -3.93. The molecule has 0 saturated carbocycles. The fourth-order valence-corrected chi connectivity index (χ4v) is 5.00. The van der Waals surface area contributed by atoms with Gasteiger partial charge in [-0.25, -0.2) is 18.4 Å². The SMILES string of the molecule is CCN(CC)CCNC(=O)Oc1ccc2c3c([nH]c2c1)C(C(=O)O)=CN(C(=O)c1ccc(F)c(F)c1)CC3(C)C. The molecular formula is C29H32F2N4O5. The van der Waals surface area contributed by atoms with Crippen molar-refractivity contribution in [2.24, 2.45) is 0 Å². The van der Waals surface area contributed by atoms with Gasteiger partial charge >= 0.3 is 12.1 Å². The second-order valence-corrected chi connectivity index (χ2v) is 10.2. The molecule has 2 amide bonds. The molecule has 0 unspecified atom stereocenters. The Morgan fingerprint density at radius 1 is 1.10 bits per heavy atom. The summed E-state index contributed by atoms with van der Waals surface area (Å²) < 4.78 is 32.7. The van der Waals surface area contributed by atoms with Crippen molar-refractivity contribution in [2.75, 3.05) is 32.7 Å². The fraction of sp³-hybridized carbons (Fsp3) is 0.345. The number of carbonyl (C=O) groups is 3. The summed E-state index contributed by atoms with van der Waals surface area (Å²) in [5, 5.41) is 13.5. The minimum Gasteiger partial charge on any atom is -0.478 e. The van der Waals surface area contributed by atoms with Gasteiger partial charge in [0.1, 0.15) is 5.75 Å². The zero-order valence-electron chi connectivity index (χ0n) is 22.8. The first-order valence-corrected chi connectivity index (χ1v) is 13.0. The molecule has 3 aromatic rings. The lowest BCUT2D eigenvalue weighted by Crippen LogP contribution is -2.37. The van der Waals surface area contributed by atoms with Crippen LogP contribution >= 0.6 is 0 Å². The van der Waals surface area contributed by atoms with E-state index in [2.05, 4.69) is 15.2 Å². The van der Waals surface area contributed by atoms with Gasteiger partial charge in [-0.3, -0.25) is 4.79 Å². The average molecular weight is 555 g/mol. The van der Waals surface area contributed by atoms with Crippen LogP contribution in [0.3, 0.4) is 0 Å². The van der Waals surface area contributed by atoms with E-state index in [1.165, 1.54) is 11.1 Å². The molecule has 0 atom stereocenters. The second kappa shape index (κ2) is 11.5. The van der Waals surface area contributed by atoms with E-state index in [0.717, 1.165) is 31.3 Å². The number of amides is 2. The van der Waals surface area contributed by atoms with Gasteiger partial charge in [0.25, 0.3) is 5.91 Å². The maximum atomic E-state index is 13.8. The van der Waals surface area contributed by atoms with Crippen LogP contribution in [0.25, 0.3) is 16.5 Å². The summed E-state index contributed by atoms with van der Waals surface area (Å²) in [6, 6.07) is 7.78. The predicted molar refractivity (Wildman–Crippen MR) is 146 cm³/mol. The van der Waals surface area contributed by atoms with Crippen LogP contribution in [0.2, 0.25) is 0 Å². The quantitative estimate of drug-likeness (QED) is 0.371. The Kier molecular flexibility index (Phi) is 8.24. The number of carbonyl (C=O) groups excluding carboxylic acids is 2. The topological polar surface area (TPSA) is 115 Å². The van der Waals surface area contributed by atoms with E-state index in [1.54, 1.807) is 18.2 Å². The molecule has 0 saturated heterocycles. The van der Waals surface area contributed by atoms with Crippen LogP contribution in [0.15, 0.2) is 42.6 Å². The molecule has 212 valence electrons. The maximum absolute atomic E-state index is 13.8. The largest absolute Gasteiger partial charge is 0.478 e. The van der Waals surface area contributed by atoms with Crippen LogP contribution < -0.4 is 10.1 Å². The molecule has 4 rings (SSSR count). The van der Waals surface area contributed by atoms with Crippen LogP contribution in [0.4, 0.5) is 13.6 Å². The Morgan fingerprint density at radius 2 is 1.82 bits per heavy atom. The van der Waals surface area contributed by atoms with E-state index in [0.29, 0.717) is 35.2 Å². The number of hydrogen-bond acceptors (Lipinski definition) is 5. The van der Waals surface area contributed by atoms with Crippen molar-refractivity contribution in [1.82, 2.24) is 20.1 Å². The molecule has 0 bridgehead atoms. The minimum atomic E-state index is -1.28. The average Bonchev–Trinajstić information content (AvgIpc) is 3.23. The highest BCUT2D eigenvalue weighted by Gasteiger charge is 2.37. The molecule has 1 aromatic heterocycles. The first kappa shape index (κ1) is 28.8. The standard InChI is InChI=1S/C29H32F2N4O5/c1-5-34(6-2)12-11-32-28(39)40-18-8-9-19-23(14-18)33-25-20(27(37)38)15-35(16-29(3,4)24(19)25)26(36)17-7-10-21(30)22(31)13-17/h7-10,13-15,33H,5-6,11-12,16H2,1-4H3,(H,32,39)(H,37,38). The molecule has 2 heterocycles. The van der Waals surface area contributed by atoms with E-state index in [-0.39, 0.29) is 23.4 Å². The van der Waals surface area contributed by atoms with Gasteiger partial charge in [-0.1, -0.05) is 27.7 Å². The first-order chi connectivity index (χ1) is 18.9. The lowest BCUT2D eigenvalue weighted by molar-refractivity contribution is -0.130. The summed E-state index contributed by atoms with van der Waals surface area (Å²) in [7, 11) is 0. The number of fused-ring (bicyclic) bond motifs is 3. The molecule has 1 aliphatic heterocycles. The number of ether oxygens (including phenoxy) is 1. The van der Waals surface area contributed by atoms with Crippen molar-refractivity contribution in [1.29, 1.82) is 0 Å². The normalized spacial score (nSPS) is 14.5. The second-order valence-electron chi connectivity index (χ2n) is 10.2. The molecule has 0 spiro atoms. The lowest BCUT2D eigenvalue weighted by atomic mass is 9.81. The number of rotatable bonds is 8. The summed E-state index contributed by atoms with van der Waals surface area (Å²) in [4.78, 5) is 44.4. The molecule has 2 aromatic carbocycles. The van der Waals surface area contributed by atoms with E-state index in [4.69, 9.17) is 4.74 Å². The third-order valence-corrected chi connectivity index (χ3v) is 7.03. The molecule has 3 N–H and O–H groups in total. The zero-order valence-corrected chi connectivity index (χ0v) is 22.8. The van der Waals surface area contributed by atoms with Gasteiger partial charge in [0.15, 0.2) is 11.6 Å². The monoisotopic (exact) mass is 554 g/mol. The Bertz CT molecular complexity index is 1490. The molecule has 0 radical (unpaired) electrons. The number of hydrogen-bond donors (Lipinski definition) is 3. The number of nitrogens with zero attached hydrogens (tertiary/aromatic N) is 2. The first-order valence-electron chi connectivity index (χ1n) is 13.0. The van der Waals surface area contributed by atoms with Gasteiger partial charge in [0.05, 0.1) is 11.3 Å². The summed E-state index contributed by atoms with van der Waals surface area (Å²) >= 11 is 0. The third-order valence-electron chi connectivity index (χ3n) is 7.03. The van der Waals surface area contributed by atoms with Gasteiger partial charge in [0, 0.05) is 53.8 Å². The summed E-state index contributed by atoms with van der Waals surface area (Å²) in [6.45, 7) is 10.7. The van der Waals surface area contributed by atoms with Crippen molar-refractivity contribution in [2.45, 2.75) is 33.1 Å². The van der Waals surface area contributed by atoms with Gasteiger partial charge in [0.2, 0.25) is 0 Å². The number of nitrogens with one attached hydrogen (secondary N) is 2. The lowest BCUT2D eigenvalue weighted by Gasteiger charge is -2.29. The molecule has 11 heteroatoms. The molecule has 40 heavy (non-hydrogen) atoms. The number of aromatic nitrogens is 1. The third kappa shape index (κ3) is 5.84. The van der Waals surface area contributed by atoms with Gasteiger partial charge in [-0.15, -0.1) is 0 Å². The number of likely N-dealkylation sites (N-methyl/N-ethyl adjacent to an activating group) is 1. The van der Waals surface area contributed by atoms with E-state index >= 15 is 0 Å². The number of H-pyrrole nitrogens is 1. The number of carboxylic acid groups (broad SMARTS) is 1. The molecular weight excluding hydrogens is 522 g/mol. The fourth-order valence-electron chi connectivity index (χ4n) is 5.00. The van der Waals surface area contributed by atoms with Crippen molar-refractivity contribution >= 4 is 34.4 Å². The Hall–Kier alpha value is -4.25. The van der Waals surface area contributed by atoms with Crippen LogP contribution in [0, 0.1) is 11.6 Å². The van der Waals surface area contributed by atoms with Crippen LogP contribution in [0.1, 0.15) is 49.3 Å². The van der Waals surface area contributed by atoms with E-state index in [1.807, 2.05) is 27.7 Å². The highest BCUT2D eigenvalue weighted by molar-refractivity contribution is 6.17. The number of carboxylic acids is 1. The number of aliphatic carboxylic acids is 1. The zero-order chi connectivity index (χ0) is 29.2. The number of aromatic amines is 1. The summed E-state index contributed by atoms with van der Waals surface area (Å²) in [6.07, 6.45) is 0.604. The maximum Gasteiger partial charge on any atom is 0.412 e.